The number of aromatic nitrogens is 3. The van der Waals surface area contributed by atoms with E-state index in [4.69, 9.17) is 69.6 Å². The molecule has 0 aliphatic carbocycles. The van der Waals surface area contributed by atoms with Crippen molar-refractivity contribution < 1.29 is 43.2 Å². The first-order chi connectivity index (χ1) is 59.3. The van der Waals surface area contributed by atoms with Crippen molar-refractivity contribution in [2.45, 2.75) is 105 Å². The smallest absolute Gasteiger partial charge is 0.242 e. The molecule has 6 N–H and O–H groups in total. The van der Waals surface area contributed by atoms with E-state index in [2.05, 4.69) is 30.9 Å². The number of halogens is 6. The summed E-state index contributed by atoms with van der Waals surface area (Å²) in [7, 11) is 0. The number of hydrogen-bond donors (Lipinski definition) is 6. The van der Waals surface area contributed by atoms with Gasteiger partial charge in [0.15, 0.2) is 0 Å². The van der Waals surface area contributed by atoms with Crippen molar-refractivity contribution in [1.82, 2.24) is 60.3 Å². The van der Waals surface area contributed by atoms with Gasteiger partial charge in [-0.2, -0.15) is 0 Å². The van der Waals surface area contributed by atoms with Gasteiger partial charge in [-0.3, -0.25) is 43.2 Å². The molecule has 12 aromatic rings. The first kappa shape index (κ1) is 86.2. The number of amides is 9. The van der Waals surface area contributed by atoms with Gasteiger partial charge >= 0.3 is 0 Å². The molecule has 0 spiro atoms. The molecule has 18 rings (SSSR count). The summed E-state index contributed by atoms with van der Waals surface area (Å²) >= 11 is 41.7. The Morgan fingerprint density at radius 1 is 0.341 bits per heavy atom. The number of H-pyrrole nitrogens is 3. The van der Waals surface area contributed by atoms with Crippen LogP contribution in [-0.2, 0) is 43.2 Å². The van der Waals surface area contributed by atoms with E-state index in [-0.39, 0.29) is 110 Å². The van der Waals surface area contributed by atoms with Crippen molar-refractivity contribution >= 4 is 191 Å². The van der Waals surface area contributed by atoms with Crippen LogP contribution >= 0.6 is 105 Å². The van der Waals surface area contributed by atoms with Gasteiger partial charge in [-0.15, -0.1) is 35.3 Å². The zero-order valence-electron chi connectivity index (χ0n) is 66.8. The van der Waals surface area contributed by atoms with Crippen LogP contribution in [0.4, 0.5) is 0 Å². The van der Waals surface area contributed by atoms with Gasteiger partial charge in [0.05, 0.1) is 75.1 Å². The molecule has 6 saturated heterocycles. The Morgan fingerprint density at radius 2 is 0.585 bits per heavy atom. The normalized spacial score (nSPS) is 21.8. The van der Waals surface area contributed by atoms with Crippen LogP contribution in [0.2, 0.25) is 30.1 Å². The van der Waals surface area contributed by atoms with E-state index in [9.17, 15) is 43.2 Å². The summed E-state index contributed by atoms with van der Waals surface area (Å²) in [5.41, 5.74) is 7.62. The molecule has 21 nitrogen and oxygen atoms in total. The molecule has 9 amide bonds. The highest BCUT2D eigenvalue weighted by Crippen LogP contribution is 2.61. The molecule has 9 heterocycles. The summed E-state index contributed by atoms with van der Waals surface area (Å²) in [5, 5.41) is 14.6. The third kappa shape index (κ3) is 17.4. The summed E-state index contributed by atoms with van der Waals surface area (Å²) in [6.07, 6.45) is 5.57. The third-order valence-electron chi connectivity index (χ3n) is 23.7. The van der Waals surface area contributed by atoms with Gasteiger partial charge in [0.1, 0.15) is 14.2 Å². The lowest BCUT2D eigenvalue weighted by molar-refractivity contribution is -0.140. The molecule has 3 aromatic heterocycles. The van der Waals surface area contributed by atoms with E-state index in [1.807, 2.05) is 236 Å². The molecule has 0 saturated carbocycles. The van der Waals surface area contributed by atoms with E-state index in [0.29, 0.717) is 69.4 Å². The number of piperazine rings is 3. The van der Waals surface area contributed by atoms with Gasteiger partial charge < -0.3 is 60.3 Å². The van der Waals surface area contributed by atoms with Crippen molar-refractivity contribution in [3.8, 4) is 0 Å². The molecule has 6 aliphatic rings. The zero-order chi connectivity index (χ0) is 86.2. The van der Waals surface area contributed by atoms with Crippen LogP contribution in [0, 0.1) is 0 Å². The number of hydrogen-bond acceptors (Lipinski definition) is 12. The average molecular weight is 1820 g/mol. The highest BCUT2D eigenvalue weighted by molar-refractivity contribution is 8.02. The number of nitrogens with zero attached hydrogens (tertiary/aromatic N) is 6. The van der Waals surface area contributed by atoms with E-state index in [1.54, 1.807) is 51.1 Å². The molecule has 9 atom stereocenters. The molecule has 123 heavy (non-hydrogen) atoms. The quantitative estimate of drug-likeness (QED) is 0.0469. The summed E-state index contributed by atoms with van der Waals surface area (Å²) in [6, 6.07) is 64.9. The van der Waals surface area contributed by atoms with Gasteiger partial charge in [-0.05, 0) is 147 Å². The Kier molecular flexibility index (Phi) is 25.5. The van der Waals surface area contributed by atoms with Crippen molar-refractivity contribution in [2.75, 3.05) is 58.9 Å². The minimum atomic E-state index is -1.24. The van der Waals surface area contributed by atoms with Crippen LogP contribution in [0.25, 0.3) is 32.7 Å². The first-order valence-corrected chi connectivity index (χ1v) is 44.9. The predicted molar refractivity (Wildman–Crippen MR) is 486 cm³/mol. The fourth-order valence-electron chi connectivity index (χ4n) is 17.9. The average Bonchev–Trinajstić information content (AvgIpc) is 1.57. The second kappa shape index (κ2) is 36.4. The summed E-state index contributed by atoms with van der Waals surface area (Å²) in [5.74, 6) is -1.73. The van der Waals surface area contributed by atoms with Crippen LogP contribution < -0.4 is 16.0 Å². The minimum Gasteiger partial charge on any atom is -0.361 e. The van der Waals surface area contributed by atoms with Gasteiger partial charge in [0.25, 0.3) is 0 Å². The third-order valence-corrected chi connectivity index (χ3v) is 29.4. The fourth-order valence-corrected chi connectivity index (χ4v) is 23.3. The molecule has 30 heteroatoms. The monoisotopic (exact) mass is 1820 g/mol. The molecule has 630 valence electrons. The standard InChI is InChI=1S/3C31H28Cl2N4O3S/c3*1-19(20-7-9-21(32)10-8-20)37-28(39)16-31(41-23-5-3-2-4-6-23,30(40)36-14-13-34-27(38)18-36)29(37)25-17-35-26-15-22(33)11-12-24(25)26/h3*2-12,15,17,19,29,35H,13-14,16,18H2,1H3,(H,34,38)/t19-,29+,31+;19-,29+,31-;19-,29-,31+/m110/s1. The maximum absolute atomic E-state index is 14.8. The van der Waals surface area contributed by atoms with Crippen molar-refractivity contribution in [2.24, 2.45) is 0 Å². The number of fused-ring (bicyclic) bond motifs is 3. The Morgan fingerprint density at radius 3 is 0.829 bits per heavy atom. The molecular weight excluding hydrogens is 1740 g/mol. The van der Waals surface area contributed by atoms with Crippen molar-refractivity contribution in [1.29, 1.82) is 0 Å². The number of rotatable bonds is 18. The van der Waals surface area contributed by atoms with E-state index in [0.717, 1.165) is 80.8 Å². The van der Waals surface area contributed by atoms with Gasteiger partial charge in [-0.25, -0.2) is 0 Å². The largest absolute Gasteiger partial charge is 0.361 e. The van der Waals surface area contributed by atoms with Crippen LogP contribution in [-0.4, -0.2) is 171 Å². The Bertz CT molecular complexity index is 5460. The SMILES string of the molecule is C[C@@H](c1ccc(Cl)cc1)N1C(=O)C[C@](Sc2ccccc2)(C(=O)N2CCNC(=O)C2)[C@@H]1c1c[nH]c2cc(Cl)ccc12.C[C@H](c1ccc(Cl)cc1)N1C(=O)C[C@@](Sc2ccccc2)(C(=O)N2CCNC(=O)C2)[C@@H]1c1c[nH]c2cc(Cl)ccc12.C[C@H](c1ccc(Cl)cc1)N1C(=O)C[C@](Sc2ccccc2)(C(=O)N2CCNC(=O)C2)[C@@H]1c1c[nH]c2cc(Cl)ccc12. The number of likely N-dealkylation sites (tertiary alicyclic amines) is 3. The van der Waals surface area contributed by atoms with Gasteiger partial charge in [0.2, 0.25) is 53.2 Å². The van der Waals surface area contributed by atoms with E-state index < -0.39 is 32.4 Å². The minimum absolute atomic E-state index is 0.0215. The highest BCUT2D eigenvalue weighted by atomic mass is 35.5. The number of nitrogens with one attached hydrogen (secondary N) is 6. The number of carbonyl (C=O) groups excluding carboxylic acids is 9. The number of thioether (sulfide) groups is 3. The van der Waals surface area contributed by atoms with Crippen LogP contribution in [0.5, 0.6) is 0 Å². The molecule has 6 aliphatic heterocycles. The Hall–Kier alpha value is -10.4. The first-order valence-electron chi connectivity index (χ1n) is 40.2. The number of aromatic amines is 3. The van der Waals surface area contributed by atoms with Gasteiger partial charge in [-0.1, -0.05) is 179 Å². The lowest BCUT2D eigenvalue weighted by Gasteiger charge is -2.41. The van der Waals surface area contributed by atoms with Crippen molar-refractivity contribution in [3.05, 3.63) is 300 Å². The van der Waals surface area contributed by atoms with Gasteiger partial charge in [0, 0.05) is 152 Å². The second-order valence-electron chi connectivity index (χ2n) is 31.3. The van der Waals surface area contributed by atoms with Crippen molar-refractivity contribution in [3.63, 3.8) is 0 Å². The lowest BCUT2D eigenvalue weighted by Crippen LogP contribution is -2.57. The van der Waals surface area contributed by atoms with Crippen LogP contribution in [0.3, 0.4) is 0 Å². The Labute approximate surface area is 752 Å². The highest BCUT2D eigenvalue weighted by Gasteiger charge is 2.64. The second-order valence-corrected chi connectivity index (χ2v) is 38.1. The van der Waals surface area contributed by atoms with Crippen LogP contribution in [0.1, 0.15) is 110 Å². The predicted octanol–water partition coefficient (Wildman–Crippen LogP) is 18.0. The topological polar surface area (TPSA) is 257 Å². The summed E-state index contributed by atoms with van der Waals surface area (Å²) in [6.45, 7) is 8.00. The lowest BCUT2D eigenvalue weighted by atomic mass is 9.89. The fraction of sp³-hybridized carbons (Fsp3) is 0.258. The molecule has 0 unspecified atom stereocenters. The summed E-state index contributed by atoms with van der Waals surface area (Å²) < 4.78 is -3.73. The molecule has 9 aromatic carbocycles. The maximum atomic E-state index is 14.8. The molecule has 0 radical (unpaired) electrons. The molecule has 0 bridgehead atoms. The number of carbonyl (C=O) groups is 9. The zero-order valence-corrected chi connectivity index (χ0v) is 73.8. The molecule has 6 fully saturated rings. The van der Waals surface area contributed by atoms with Crippen LogP contribution in [0.15, 0.2) is 252 Å². The van der Waals surface area contributed by atoms with E-state index >= 15 is 0 Å². The summed E-state index contributed by atoms with van der Waals surface area (Å²) in [4.78, 5) is 147. The number of benzene rings is 9. The Balaban J connectivity index is 0.000000137. The molecular formula is C93H84Cl6N12O9S3. The van der Waals surface area contributed by atoms with E-state index in [1.165, 1.54) is 35.3 Å². The maximum Gasteiger partial charge on any atom is 0.242 e.